The fourth-order valence-electron chi connectivity index (χ4n) is 2.12. The Bertz CT molecular complexity index is 358. The summed E-state index contributed by atoms with van der Waals surface area (Å²) in [5.74, 6) is 0. The van der Waals surface area contributed by atoms with Gasteiger partial charge in [-0.25, -0.2) is 0 Å². The largest absolute Gasteiger partial charge is 0.345 e. The van der Waals surface area contributed by atoms with Crippen molar-refractivity contribution >= 4 is 0 Å². The van der Waals surface area contributed by atoms with Gasteiger partial charge in [-0.3, -0.25) is 4.84 Å². The minimum Gasteiger partial charge on any atom is -0.345 e. The van der Waals surface area contributed by atoms with E-state index in [0.29, 0.717) is 0 Å². The number of hydrogen-bond donors (Lipinski definition) is 0. The van der Waals surface area contributed by atoms with Gasteiger partial charge >= 0.3 is 0 Å². The van der Waals surface area contributed by atoms with Crippen LogP contribution in [0.25, 0.3) is 0 Å². The van der Waals surface area contributed by atoms with Crippen LogP contribution < -0.4 is 0 Å². The Balaban J connectivity index is 2.03. The predicted molar refractivity (Wildman–Crippen MR) is 67.3 cm³/mol. The van der Waals surface area contributed by atoms with Crippen molar-refractivity contribution in [3.05, 3.63) is 35.9 Å². The highest BCUT2D eigenvalue weighted by atomic mass is 16.8. The van der Waals surface area contributed by atoms with E-state index in [4.69, 9.17) is 9.57 Å². The summed E-state index contributed by atoms with van der Waals surface area (Å²) in [5, 5.41) is 1.89. The summed E-state index contributed by atoms with van der Waals surface area (Å²) in [6.45, 7) is 6.14. The molecule has 1 aliphatic rings. The zero-order chi connectivity index (χ0) is 12.5. The van der Waals surface area contributed by atoms with E-state index in [2.05, 4.69) is 24.3 Å². The van der Waals surface area contributed by atoms with Crippen LogP contribution in [0.1, 0.15) is 38.8 Å². The lowest BCUT2D eigenvalue weighted by atomic mass is 10.0. The first kappa shape index (κ1) is 12.6. The Kier molecular flexibility index (Phi) is 3.52. The number of nitrogens with zero attached hydrogens (tertiary/aromatic N) is 1. The molecule has 1 aliphatic heterocycles. The third kappa shape index (κ3) is 3.28. The summed E-state index contributed by atoms with van der Waals surface area (Å²) in [4.78, 5) is 5.72. The Labute approximate surface area is 103 Å². The van der Waals surface area contributed by atoms with Gasteiger partial charge in [0, 0.05) is 13.5 Å². The van der Waals surface area contributed by atoms with Crippen molar-refractivity contribution in [3.63, 3.8) is 0 Å². The number of ether oxygens (including phenoxy) is 1. The highest BCUT2D eigenvalue weighted by Gasteiger charge is 2.34. The molecule has 1 fully saturated rings. The number of hydroxylamine groups is 2. The molecule has 1 saturated heterocycles. The average molecular weight is 235 g/mol. The first-order valence-corrected chi connectivity index (χ1v) is 6.08. The minimum atomic E-state index is -0.170. The van der Waals surface area contributed by atoms with E-state index in [1.54, 1.807) is 0 Å². The van der Waals surface area contributed by atoms with E-state index in [1.807, 2.05) is 38.9 Å². The molecule has 2 atom stereocenters. The van der Waals surface area contributed by atoms with Gasteiger partial charge in [-0.2, -0.15) is 5.06 Å². The van der Waals surface area contributed by atoms with Crippen LogP contribution in [0.2, 0.25) is 0 Å². The van der Waals surface area contributed by atoms with Gasteiger partial charge in [0.1, 0.15) is 0 Å². The van der Waals surface area contributed by atoms with E-state index in [1.165, 1.54) is 5.56 Å². The monoisotopic (exact) mass is 235 g/mol. The molecule has 3 nitrogen and oxygen atoms in total. The molecule has 0 saturated carbocycles. The van der Waals surface area contributed by atoms with Crippen LogP contribution in [0.15, 0.2) is 30.3 Å². The normalized spacial score (nSPS) is 26.4. The summed E-state index contributed by atoms with van der Waals surface area (Å²) in [5.41, 5.74) is 1.10. The Hall–Kier alpha value is -0.900. The molecule has 0 spiro atoms. The third-order valence-corrected chi connectivity index (χ3v) is 2.81. The zero-order valence-electron chi connectivity index (χ0n) is 11.0. The smallest absolute Gasteiger partial charge is 0.180 e. The molecule has 2 rings (SSSR count). The van der Waals surface area contributed by atoms with E-state index < -0.39 is 0 Å². The fraction of sp³-hybridized carbons (Fsp3) is 0.571. The van der Waals surface area contributed by atoms with Crippen LogP contribution in [0.5, 0.6) is 0 Å². The summed E-state index contributed by atoms with van der Waals surface area (Å²) < 4.78 is 5.86. The van der Waals surface area contributed by atoms with Gasteiger partial charge in [0.05, 0.1) is 11.6 Å². The molecule has 0 amide bonds. The molecule has 1 heterocycles. The fourth-order valence-corrected chi connectivity index (χ4v) is 2.12. The highest BCUT2D eigenvalue weighted by molar-refractivity contribution is 5.19. The van der Waals surface area contributed by atoms with Gasteiger partial charge in [0.15, 0.2) is 6.29 Å². The second kappa shape index (κ2) is 4.77. The lowest BCUT2D eigenvalue weighted by Gasteiger charge is -2.23. The van der Waals surface area contributed by atoms with E-state index >= 15 is 0 Å². The summed E-state index contributed by atoms with van der Waals surface area (Å²) in [7, 11) is 1.96. The van der Waals surface area contributed by atoms with Crippen molar-refractivity contribution in [1.82, 2.24) is 5.06 Å². The topological polar surface area (TPSA) is 21.7 Å². The van der Waals surface area contributed by atoms with E-state index in [-0.39, 0.29) is 17.9 Å². The number of benzene rings is 1. The SMILES string of the molecule is CN1O[C@H](OC(C)(C)C)C[C@@H]1c1ccccc1. The minimum absolute atomic E-state index is 0.148. The lowest BCUT2D eigenvalue weighted by molar-refractivity contribution is -0.256. The average Bonchev–Trinajstić information content (AvgIpc) is 2.58. The molecule has 17 heavy (non-hydrogen) atoms. The molecule has 0 aromatic heterocycles. The maximum absolute atomic E-state index is 5.86. The van der Waals surface area contributed by atoms with Crippen LogP contribution in [0, 0.1) is 0 Å². The first-order chi connectivity index (χ1) is 7.96. The molecule has 3 heteroatoms. The lowest BCUT2D eigenvalue weighted by Crippen LogP contribution is -2.27. The molecule has 0 bridgehead atoms. The van der Waals surface area contributed by atoms with E-state index in [0.717, 1.165) is 6.42 Å². The Morgan fingerprint density at radius 2 is 1.88 bits per heavy atom. The summed E-state index contributed by atoms with van der Waals surface area (Å²) in [6.07, 6.45) is 0.725. The van der Waals surface area contributed by atoms with Gasteiger partial charge < -0.3 is 4.74 Å². The Morgan fingerprint density at radius 3 is 2.47 bits per heavy atom. The highest BCUT2D eigenvalue weighted by Crippen LogP contribution is 2.34. The molecule has 0 N–H and O–H groups in total. The van der Waals surface area contributed by atoms with Crippen LogP contribution in [-0.2, 0) is 9.57 Å². The van der Waals surface area contributed by atoms with Crippen molar-refractivity contribution in [1.29, 1.82) is 0 Å². The van der Waals surface area contributed by atoms with Crippen LogP contribution in [0.3, 0.4) is 0 Å². The third-order valence-electron chi connectivity index (χ3n) is 2.81. The van der Waals surface area contributed by atoms with Gasteiger partial charge in [-0.1, -0.05) is 30.3 Å². The van der Waals surface area contributed by atoms with Gasteiger partial charge in [-0.15, -0.1) is 0 Å². The number of hydrogen-bond acceptors (Lipinski definition) is 3. The van der Waals surface area contributed by atoms with Crippen LogP contribution in [-0.4, -0.2) is 24.0 Å². The van der Waals surface area contributed by atoms with E-state index in [9.17, 15) is 0 Å². The van der Waals surface area contributed by atoms with Crippen molar-refractivity contribution in [2.45, 2.75) is 45.1 Å². The molecule has 0 radical (unpaired) electrons. The first-order valence-electron chi connectivity index (χ1n) is 6.08. The molecule has 0 unspecified atom stereocenters. The summed E-state index contributed by atoms with van der Waals surface area (Å²) in [6, 6.07) is 10.7. The van der Waals surface area contributed by atoms with Gasteiger partial charge in [0.2, 0.25) is 0 Å². The molecule has 94 valence electrons. The van der Waals surface area contributed by atoms with Gasteiger partial charge in [-0.05, 0) is 26.3 Å². The molecular weight excluding hydrogens is 214 g/mol. The quantitative estimate of drug-likeness (QED) is 0.786. The van der Waals surface area contributed by atoms with Gasteiger partial charge in [0.25, 0.3) is 0 Å². The molecule has 1 aromatic carbocycles. The molecule has 0 aliphatic carbocycles. The Morgan fingerprint density at radius 1 is 1.24 bits per heavy atom. The second-order valence-corrected chi connectivity index (χ2v) is 5.47. The van der Waals surface area contributed by atoms with Crippen molar-refractivity contribution in [3.8, 4) is 0 Å². The predicted octanol–water partition coefficient (Wildman–Crippen LogP) is 3.14. The van der Waals surface area contributed by atoms with Crippen LogP contribution >= 0.6 is 0 Å². The van der Waals surface area contributed by atoms with Crippen molar-refractivity contribution in [2.75, 3.05) is 7.05 Å². The number of rotatable bonds is 2. The zero-order valence-corrected chi connectivity index (χ0v) is 11.0. The van der Waals surface area contributed by atoms with Crippen LogP contribution in [0.4, 0.5) is 0 Å². The van der Waals surface area contributed by atoms with Crippen molar-refractivity contribution in [2.24, 2.45) is 0 Å². The molecular formula is C14H21NO2. The van der Waals surface area contributed by atoms with Crippen molar-refractivity contribution < 1.29 is 9.57 Å². The maximum Gasteiger partial charge on any atom is 0.180 e. The maximum atomic E-state index is 5.86. The molecule has 1 aromatic rings. The second-order valence-electron chi connectivity index (χ2n) is 5.47. The summed E-state index contributed by atoms with van der Waals surface area (Å²) >= 11 is 0. The standard InChI is InChI=1S/C14H21NO2/c1-14(2,3)16-13-10-12(15(4)17-13)11-8-6-5-7-9-11/h5-9,12-13H,10H2,1-4H3/t12-,13+/m1/s1.